The normalized spacial score (nSPS) is 18.3. The van der Waals surface area contributed by atoms with Crippen LogP contribution in [0.1, 0.15) is 33.6 Å². The third-order valence-corrected chi connectivity index (χ3v) is 3.81. The molecule has 2 rings (SSSR count). The van der Waals surface area contributed by atoms with Crippen molar-refractivity contribution < 1.29 is 4.79 Å². The second kappa shape index (κ2) is 6.75. The molecule has 4 nitrogen and oxygen atoms in total. The van der Waals surface area contributed by atoms with Crippen LogP contribution in [0.5, 0.6) is 0 Å². The molecule has 0 radical (unpaired) electrons. The Morgan fingerprint density at radius 3 is 2.60 bits per heavy atom. The lowest BCUT2D eigenvalue weighted by Crippen LogP contribution is -2.35. The van der Waals surface area contributed by atoms with Crippen LogP contribution in [0.3, 0.4) is 0 Å². The fourth-order valence-electron chi connectivity index (χ4n) is 2.72. The van der Waals surface area contributed by atoms with E-state index in [1.807, 2.05) is 12.1 Å². The first kappa shape index (κ1) is 14.9. The van der Waals surface area contributed by atoms with Crippen LogP contribution in [0.25, 0.3) is 0 Å². The van der Waals surface area contributed by atoms with Gasteiger partial charge < -0.3 is 15.5 Å². The lowest BCUT2D eigenvalue weighted by atomic mass is 10.2. The third kappa shape index (κ3) is 3.51. The molecule has 4 heteroatoms. The maximum absolute atomic E-state index is 12.0. The molecule has 2 N–H and O–H groups in total. The number of carbonyl (C=O) groups excluding carboxylic acids is 1. The smallest absolute Gasteiger partial charge is 0.241 e. The molecule has 1 aromatic rings. The Morgan fingerprint density at radius 2 is 2.10 bits per heavy atom. The summed E-state index contributed by atoms with van der Waals surface area (Å²) in [5.74, 6) is 0.0754. The molecular formula is C16H25N3O. The van der Waals surface area contributed by atoms with Crippen molar-refractivity contribution in [3.8, 4) is 0 Å². The van der Waals surface area contributed by atoms with Crippen LogP contribution in [0, 0.1) is 0 Å². The minimum Gasteiger partial charge on any atom is -0.369 e. The van der Waals surface area contributed by atoms with Crippen molar-refractivity contribution in [3.63, 3.8) is 0 Å². The Morgan fingerprint density at radius 1 is 1.40 bits per heavy atom. The summed E-state index contributed by atoms with van der Waals surface area (Å²) in [7, 11) is 0. The number of benzene rings is 1. The maximum atomic E-state index is 12.0. The van der Waals surface area contributed by atoms with E-state index >= 15 is 0 Å². The number of nitrogens with zero attached hydrogens (tertiary/aromatic N) is 1. The van der Waals surface area contributed by atoms with E-state index in [2.05, 4.69) is 48.4 Å². The first-order valence-electron chi connectivity index (χ1n) is 7.52. The zero-order valence-electron chi connectivity index (χ0n) is 12.6. The van der Waals surface area contributed by atoms with E-state index in [0.29, 0.717) is 6.04 Å². The molecule has 1 amide bonds. The number of anilines is 2. The number of hydrogen-bond acceptors (Lipinski definition) is 3. The Hall–Kier alpha value is -1.55. The third-order valence-electron chi connectivity index (χ3n) is 3.81. The molecule has 0 unspecified atom stereocenters. The Kier molecular flexibility index (Phi) is 5.01. The number of hydrogen-bond donors (Lipinski definition) is 2. The molecule has 0 aromatic heterocycles. The van der Waals surface area contributed by atoms with Crippen LogP contribution in [0.4, 0.5) is 11.4 Å². The predicted molar refractivity (Wildman–Crippen MR) is 84.3 cm³/mol. The monoisotopic (exact) mass is 275 g/mol. The topological polar surface area (TPSA) is 44.4 Å². The molecule has 110 valence electrons. The van der Waals surface area contributed by atoms with Crippen LogP contribution in [-0.4, -0.2) is 31.1 Å². The van der Waals surface area contributed by atoms with Crippen LogP contribution < -0.4 is 15.5 Å². The van der Waals surface area contributed by atoms with Gasteiger partial charge in [-0.1, -0.05) is 0 Å². The highest BCUT2D eigenvalue weighted by molar-refractivity contribution is 5.95. The minimum absolute atomic E-state index is 0.0301. The molecule has 0 spiro atoms. The van der Waals surface area contributed by atoms with E-state index in [-0.39, 0.29) is 11.9 Å². The van der Waals surface area contributed by atoms with E-state index in [1.165, 1.54) is 5.69 Å². The van der Waals surface area contributed by atoms with Gasteiger partial charge in [0.05, 0.1) is 6.04 Å². The quantitative estimate of drug-likeness (QED) is 0.868. The summed E-state index contributed by atoms with van der Waals surface area (Å²) in [5.41, 5.74) is 2.06. The molecule has 20 heavy (non-hydrogen) atoms. The molecule has 0 aliphatic carbocycles. The molecule has 1 aliphatic rings. The minimum atomic E-state index is -0.0301. The molecule has 1 aromatic carbocycles. The average molecular weight is 275 g/mol. The second-order valence-corrected chi connectivity index (χ2v) is 5.56. The Bertz CT molecular complexity index is 436. The van der Waals surface area contributed by atoms with Gasteiger partial charge in [-0.15, -0.1) is 0 Å². The first-order chi connectivity index (χ1) is 9.61. The second-order valence-electron chi connectivity index (χ2n) is 5.56. The maximum Gasteiger partial charge on any atom is 0.241 e. The van der Waals surface area contributed by atoms with Crippen molar-refractivity contribution in [2.24, 2.45) is 0 Å². The van der Waals surface area contributed by atoms with Crippen LogP contribution in [0.2, 0.25) is 0 Å². The summed E-state index contributed by atoms with van der Waals surface area (Å²) < 4.78 is 0. The van der Waals surface area contributed by atoms with Crippen molar-refractivity contribution in [2.75, 3.05) is 23.3 Å². The van der Waals surface area contributed by atoms with Crippen molar-refractivity contribution in [3.05, 3.63) is 24.3 Å². The molecule has 1 aliphatic heterocycles. The number of amides is 1. The van der Waals surface area contributed by atoms with Gasteiger partial charge in [0.2, 0.25) is 5.91 Å². The fourth-order valence-corrected chi connectivity index (χ4v) is 2.72. The fraction of sp³-hybridized carbons (Fsp3) is 0.562. The van der Waals surface area contributed by atoms with Crippen LogP contribution in [-0.2, 0) is 4.79 Å². The Labute approximate surface area is 121 Å². The lowest BCUT2D eigenvalue weighted by Gasteiger charge is -2.27. The summed E-state index contributed by atoms with van der Waals surface area (Å²) in [6, 6.07) is 8.55. The van der Waals surface area contributed by atoms with Gasteiger partial charge >= 0.3 is 0 Å². The van der Waals surface area contributed by atoms with E-state index < -0.39 is 0 Å². The van der Waals surface area contributed by atoms with Gasteiger partial charge in [-0.2, -0.15) is 0 Å². The van der Waals surface area contributed by atoms with Gasteiger partial charge in [0, 0.05) is 24.0 Å². The first-order valence-corrected chi connectivity index (χ1v) is 7.52. The number of carbonyl (C=O) groups is 1. The molecule has 0 bridgehead atoms. The molecule has 1 fully saturated rings. The average Bonchev–Trinajstić information content (AvgIpc) is 2.95. The van der Waals surface area contributed by atoms with E-state index in [9.17, 15) is 4.79 Å². The summed E-state index contributed by atoms with van der Waals surface area (Å²) in [6.45, 7) is 8.45. The van der Waals surface area contributed by atoms with Crippen molar-refractivity contribution in [2.45, 2.75) is 45.7 Å². The van der Waals surface area contributed by atoms with Gasteiger partial charge in [-0.3, -0.25) is 4.79 Å². The SMILES string of the molecule is CCN(c1ccc(NC(=O)[C@H]2CCCN2)cc1)C(C)C. The highest BCUT2D eigenvalue weighted by Gasteiger charge is 2.21. The van der Waals surface area contributed by atoms with Crippen molar-refractivity contribution in [1.29, 1.82) is 0 Å². The predicted octanol–water partition coefficient (Wildman–Crippen LogP) is 2.61. The van der Waals surface area contributed by atoms with Gasteiger partial charge in [-0.25, -0.2) is 0 Å². The van der Waals surface area contributed by atoms with E-state index in [0.717, 1.165) is 31.6 Å². The van der Waals surface area contributed by atoms with Crippen molar-refractivity contribution in [1.82, 2.24) is 5.32 Å². The molecule has 1 heterocycles. The van der Waals surface area contributed by atoms with Crippen LogP contribution >= 0.6 is 0 Å². The molecular weight excluding hydrogens is 250 g/mol. The number of rotatable bonds is 5. The number of nitrogens with one attached hydrogen (secondary N) is 2. The zero-order valence-corrected chi connectivity index (χ0v) is 12.6. The Balaban J connectivity index is 1.99. The summed E-state index contributed by atoms with van der Waals surface area (Å²) in [6.07, 6.45) is 2.01. The van der Waals surface area contributed by atoms with Crippen LogP contribution in [0.15, 0.2) is 24.3 Å². The summed E-state index contributed by atoms with van der Waals surface area (Å²) >= 11 is 0. The highest BCUT2D eigenvalue weighted by Crippen LogP contribution is 2.20. The van der Waals surface area contributed by atoms with Gasteiger partial charge in [0.15, 0.2) is 0 Å². The summed E-state index contributed by atoms with van der Waals surface area (Å²) in [5, 5.41) is 6.19. The largest absolute Gasteiger partial charge is 0.369 e. The van der Waals surface area contributed by atoms with Crippen molar-refractivity contribution >= 4 is 17.3 Å². The molecule has 1 atom stereocenters. The van der Waals surface area contributed by atoms with Gasteiger partial charge in [-0.05, 0) is 64.4 Å². The standard InChI is InChI=1S/C16H25N3O/c1-4-19(12(2)3)14-9-7-13(8-10-14)18-16(20)15-6-5-11-17-15/h7-10,12,15,17H,4-6,11H2,1-3H3,(H,18,20)/t15-/m1/s1. The molecule has 1 saturated heterocycles. The van der Waals surface area contributed by atoms with Gasteiger partial charge in [0.25, 0.3) is 0 Å². The molecule has 0 saturated carbocycles. The summed E-state index contributed by atoms with van der Waals surface area (Å²) in [4.78, 5) is 14.3. The highest BCUT2D eigenvalue weighted by atomic mass is 16.2. The zero-order chi connectivity index (χ0) is 14.5. The van der Waals surface area contributed by atoms with E-state index in [1.54, 1.807) is 0 Å². The van der Waals surface area contributed by atoms with E-state index in [4.69, 9.17) is 0 Å². The lowest BCUT2D eigenvalue weighted by molar-refractivity contribution is -0.117. The van der Waals surface area contributed by atoms with Gasteiger partial charge in [0.1, 0.15) is 0 Å².